The van der Waals surface area contributed by atoms with Crippen LogP contribution in [0.1, 0.15) is 19.3 Å². The third kappa shape index (κ3) is 4.41. The Morgan fingerprint density at radius 2 is 2.33 bits per heavy atom. The Labute approximate surface area is 91.2 Å². The number of carbonyl (C=O) groups excluding carboxylic acids is 1. The molecule has 0 N–H and O–H groups in total. The standard InChI is InChI=1S/C14H16O/c1-2-7-13(10-6-11-15)12-14-8-4-3-5-9-14/h2-5,7-8,11-12H,1,6,9-10H2/b13-7-,14-12-. The summed E-state index contributed by atoms with van der Waals surface area (Å²) in [7, 11) is 0. The molecule has 0 aliphatic heterocycles. The van der Waals surface area contributed by atoms with E-state index in [0.717, 1.165) is 24.7 Å². The van der Waals surface area contributed by atoms with Crippen LogP contribution >= 0.6 is 0 Å². The number of hydrogen-bond acceptors (Lipinski definition) is 1. The number of hydrogen-bond donors (Lipinski definition) is 0. The van der Waals surface area contributed by atoms with Gasteiger partial charge in [-0.05, 0) is 24.0 Å². The lowest BCUT2D eigenvalue weighted by Crippen LogP contribution is -1.86. The average Bonchev–Trinajstić information content (AvgIpc) is 2.28. The smallest absolute Gasteiger partial charge is 0.120 e. The van der Waals surface area contributed by atoms with E-state index in [4.69, 9.17) is 0 Å². The fourth-order valence-electron chi connectivity index (χ4n) is 1.46. The molecule has 78 valence electrons. The van der Waals surface area contributed by atoms with Crippen molar-refractivity contribution in [3.05, 3.63) is 60.3 Å². The number of aldehydes is 1. The second kappa shape index (κ2) is 6.77. The second-order valence-corrected chi connectivity index (χ2v) is 3.39. The summed E-state index contributed by atoms with van der Waals surface area (Å²) in [6, 6.07) is 0. The SMILES string of the molecule is C=C/C=C(\C=C1\C=CC=CC1)CCC=O. The molecule has 0 saturated carbocycles. The Morgan fingerprint density at radius 1 is 1.47 bits per heavy atom. The van der Waals surface area contributed by atoms with E-state index in [1.807, 2.05) is 18.2 Å². The highest BCUT2D eigenvalue weighted by Gasteiger charge is 1.97. The minimum atomic E-state index is 0.572. The molecule has 1 heteroatoms. The number of allylic oxidation sites excluding steroid dienone is 9. The van der Waals surface area contributed by atoms with Gasteiger partial charge in [0.05, 0.1) is 0 Å². The van der Waals surface area contributed by atoms with Crippen molar-refractivity contribution in [2.75, 3.05) is 0 Å². The molecule has 0 aromatic carbocycles. The minimum Gasteiger partial charge on any atom is -0.303 e. The summed E-state index contributed by atoms with van der Waals surface area (Å²) in [5.74, 6) is 0. The predicted octanol–water partition coefficient (Wildman–Crippen LogP) is 3.52. The van der Waals surface area contributed by atoms with Crippen LogP contribution in [0.15, 0.2) is 60.3 Å². The Hall–Kier alpha value is -1.63. The summed E-state index contributed by atoms with van der Waals surface area (Å²) in [6.45, 7) is 3.68. The first-order chi connectivity index (χ1) is 7.36. The highest BCUT2D eigenvalue weighted by atomic mass is 16.1. The maximum absolute atomic E-state index is 10.3. The maximum Gasteiger partial charge on any atom is 0.120 e. The van der Waals surface area contributed by atoms with Gasteiger partial charge in [-0.25, -0.2) is 0 Å². The summed E-state index contributed by atoms with van der Waals surface area (Å²) in [5, 5.41) is 0. The van der Waals surface area contributed by atoms with Crippen molar-refractivity contribution in [2.24, 2.45) is 0 Å². The lowest BCUT2D eigenvalue weighted by molar-refractivity contribution is -0.107. The van der Waals surface area contributed by atoms with Gasteiger partial charge in [0, 0.05) is 6.42 Å². The molecule has 0 unspecified atom stereocenters. The van der Waals surface area contributed by atoms with Crippen molar-refractivity contribution in [2.45, 2.75) is 19.3 Å². The van der Waals surface area contributed by atoms with Gasteiger partial charge in [0.25, 0.3) is 0 Å². The predicted molar refractivity (Wildman–Crippen MR) is 64.6 cm³/mol. The van der Waals surface area contributed by atoms with E-state index in [-0.39, 0.29) is 0 Å². The van der Waals surface area contributed by atoms with E-state index in [0.29, 0.717) is 6.42 Å². The van der Waals surface area contributed by atoms with Gasteiger partial charge >= 0.3 is 0 Å². The first kappa shape index (κ1) is 11.4. The van der Waals surface area contributed by atoms with E-state index in [2.05, 4.69) is 24.8 Å². The molecule has 1 nitrogen and oxygen atoms in total. The van der Waals surface area contributed by atoms with Gasteiger partial charge in [0.15, 0.2) is 0 Å². The van der Waals surface area contributed by atoms with Crippen molar-refractivity contribution in [3.8, 4) is 0 Å². The maximum atomic E-state index is 10.3. The van der Waals surface area contributed by atoms with Crippen LogP contribution in [0.2, 0.25) is 0 Å². The van der Waals surface area contributed by atoms with Crippen LogP contribution in [-0.2, 0) is 4.79 Å². The molecule has 0 heterocycles. The van der Waals surface area contributed by atoms with Gasteiger partial charge in [-0.3, -0.25) is 0 Å². The topological polar surface area (TPSA) is 17.1 Å². The van der Waals surface area contributed by atoms with E-state index in [9.17, 15) is 4.79 Å². The van der Waals surface area contributed by atoms with E-state index in [1.165, 1.54) is 5.57 Å². The Kier molecular flexibility index (Phi) is 5.16. The number of carbonyl (C=O) groups is 1. The number of rotatable bonds is 5. The van der Waals surface area contributed by atoms with E-state index >= 15 is 0 Å². The average molecular weight is 200 g/mol. The highest BCUT2D eigenvalue weighted by molar-refractivity contribution is 5.50. The zero-order valence-corrected chi connectivity index (χ0v) is 8.86. The largest absolute Gasteiger partial charge is 0.303 e. The first-order valence-corrected chi connectivity index (χ1v) is 5.16. The Morgan fingerprint density at radius 3 is 2.93 bits per heavy atom. The third-order valence-electron chi connectivity index (χ3n) is 2.16. The summed E-state index contributed by atoms with van der Waals surface area (Å²) >= 11 is 0. The monoisotopic (exact) mass is 200 g/mol. The zero-order chi connectivity index (χ0) is 10.9. The molecule has 1 aliphatic carbocycles. The molecule has 0 spiro atoms. The Bertz CT molecular complexity index is 340. The molecule has 0 atom stereocenters. The van der Waals surface area contributed by atoms with E-state index < -0.39 is 0 Å². The summed E-state index contributed by atoms with van der Waals surface area (Å²) < 4.78 is 0. The molecule has 0 saturated heterocycles. The molecule has 0 fully saturated rings. The molecule has 1 aliphatic rings. The minimum absolute atomic E-state index is 0.572. The Balaban J connectivity index is 2.68. The molecular weight excluding hydrogens is 184 g/mol. The molecule has 15 heavy (non-hydrogen) atoms. The van der Waals surface area contributed by atoms with Gasteiger partial charge in [0.1, 0.15) is 6.29 Å². The van der Waals surface area contributed by atoms with Crippen LogP contribution in [0, 0.1) is 0 Å². The quantitative estimate of drug-likeness (QED) is 0.490. The summed E-state index contributed by atoms with van der Waals surface area (Å²) in [6.07, 6.45) is 17.4. The normalized spacial score (nSPS) is 18.1. The second-order valence-electron chi connectivity index (χ2n) is 3.39. The van der Waals surface area contributed by atoms with Crippen molar-refractivity contribution < 1.29 is 4.79 Å². The molecule has 0 radical (unpaired) electrons. The lowest BCUT2D eigenvalue weighted by atomic mass is 10.0. The molecular formula is C14H16O. The van der Waals surface area contributed by atoms with Gasteiger partial charge in [0.2, 0.25) is 0 Å². The van der Waals surface area contributed by atoms with Gasteiger partial charge in [-0.1, -0.05) is 49.1 Å². The fourth-order valence-corrected chi connectivity index (χ4v) is 1.46. The molecule has 1 rings (SSSR count). The van der Waals surface area contributed by atoms with Crippen molar-refractivity contribution in [1.29, 1.82) is 0 Å². The zero-order valence-electron chi connectivity index (χ0n) is 8.86. The van der Waals surface area contributed by atoms with Crippen molar-refractivity contribution in [1.82, 2.24) is 0 Å². The van der Waals surface area contributed by atoms with E-state index in [1.54, 1.807) is 6.08 Å². The molecule has 0 amide bonds. The van der Waals surface area contributed by atoms with Gasteiger partial charge < -0.3 is 4.79 Å². The van der Waals surface area contributed by atoms with Crippen molar-refractivity contribution in [3.63, 3.8) is 0 Å². The van der Waals surface area contributed by atoms with Crippen molar-refractivity contribution >= 4 is 6.29 Å². The third-order valence-corrected chi connectivity index (χ3v) is 2.16. The lowest BCUT2D eigenvalue weighted by Gasteiger charge is -2.04. The molecule has 0 bridgehead atoms. The van der Waals surface area contributed by atoms with Gasteiger partial charge in [-0.15, -0.1) is 0 Å². The first-order valence-electron chi connectivity index (χ1n) is 5.16. The highest BCUT2D eigenvalue weighted by Crippen LogP contribution is 2.15. The van der Waals surface area contributed by atoms with Crippen LogP contribution in [0.25, 0.3) is 0 Å². The molecule has 0 aromatic heterocycles. The summed E-state index contributed by atoms with van der Waals surface area (Å²) in [4.78, 5) is 10.3. The van der Waals surface area contributed by atoms with Crippen LogP contribution in [-0.4, -0.2) is 6.29 Å². The van der Waals surface area contributed by atoms with Crippen LogP contribution in [0.3, 0.4) is 0 Å². The summed E-state index contributed by atoms with van der Waals surface area (Å²) in [5.41, 5.74) is 2.43. The fraction of sp³-hybridized carbons (Fsp3) is 0.214. The molecule has 0 aromatic rings. The van der Waals surface area contributed by atoms with Gasteiger partial charge in [-0.2, -0.15) is 0 Å². The van der Waals surface area contributed by atoms with Crippen LogP contribution < -0.4 is 0 Å². The van der Waals surface area contributed by atoms with Crippen LogP contribution in [0.5, 0.6) is 0 Å². The van der Waals surface area contributed by atoms with Crippen LogP contribution in [0.4, 0.5) is 0 Å².